The molecule has 4 rings (SSSR count). The van der Waals surface area contributed by atoms with Gasteiger partial charge in [-0.2, -0.15) is 4.31 Å². The van der Waals surface area contributed by atoms with Gasteiger partial charge in [-0.3, -0.25) is 9.59 Å². The number of hydrogen-bond donors (Lipinski definition) is 1. The number of fused-ring (bicyclic) bond motifs is 1. The molecule has 2 amide bonds. The fourth-order valence-corrected chi connectivity index (χ4v) is 5.56. The summed E-state index contributed by atoms with van der Waals surface area (Å²) in [6, 6.07) is 13.9. The van der Waals surface area contributed by atoms with E-state index in [1.807, 2.05) is 18.2 Å². The van der Waals surface area contributed by atoms with Gasteiger partial charge in [0, 0.05) is 30.9 Å². The molecule has 7 nitrogen and oxygen atoms in total. The number of sulfonamides is 1. The van der Waals surface area contributed by atoms with E-state index in [1.54, 1.807) is 30.3 Å². The maximum atomic E-state index is 13.0. The lowest BCUT2D eigenvalue weighted by Gasteiger charge is -2.30. The maximum absolute atomic E-state index is 13.0. The Labute approximate surface area is 176 Å². The number of nitrogens with one attached hydrogen (secondary N) is 1. The van der Waals surface area contributed by atoms with E-state index < -0.39 is 10.0 Å². The molecule has 0 aliphatic carbocycles. The van der Waals surface area contributed by atoms with Crippen molar-refractivity contribution in [3.05, 3.63) is 54.1 Å². The van der Waals surface area contributed by atoms with Gasteiger partial charge in [0.25, 0.3) is 0 Å². The van der Waals surface area contributed by atoms with Crippen molar-refractivity contribution in [3.63, 3.8) is 0 Å². The van der Waals surface area contributed by atoms with Crippen LogP contribution >= 0.6 is 0 Å². The standard InChI is InChI=1S/C22H25N3O4S/c26-21(23-18-7-3-1-4-8-18)16-25-20-11-10-19(15-17(20)9-12-22(25)27)30(28,29)24-13-5-2-6-14-24/h1,3-4,7-8,10-11,15H,2,5-6,9,12-14,16H2,(H,23,26). The van der Waals surface area contributed by atoms with Gasteiger partial charge in [0.15, 0.2) is 0 Å². The molecule has 2 heterocycles. The Morgan fingerprint density at radius 2 is 1.70 bits per heavy atom. The maximum Gasteiger partial charge on any atom is 0.244 e. The second-order valence-electron chi connectivity index (χ2n) is 7.65. The van der Waals surface area contributed by atoms with Gasteiger partial charge in [-0.1, -0.05) is 24.6 Å². The van der Waals surface area contributed by atoms with E-state index in [0.717, 1.165) is 24.8 Å². The highest BCUT2D eigenvalue weighted by atomic mass is 32.2. The Hall–Kier alpha value is -2.71. The van der Waals surface area contributed by atoms with E-state index in [9.17, 15) is 18.0 Å². The number of carbonyl (C=O) groups is 2. The largest absolute Gasteiger partial charge is 0.325 e. The summed E-state index contributed by atoms with van der Waals surface area (Å²) in [6.45, 7) is 0.978. The molecule has 2 aromatic rings. The van der Waals surface area contributed by atoms with E-state index in [2.05, 4.69) is 5.32 Å². The van der Waals surface area contributed by atoms with Crippen LogP contribution in [-0.4, -0.2) is 44.2 Å². The number of amides is 2. The van der Waals surface area contributed by atoms with Crippen molar-refractivity contribution in [2.75, 3.05) is 29.9 Å². The molecule has 8 heteroatoms. The van der Waals surface area contributed by atoms with Crippen molar-refractivity contribution in [3.8, 4) is 0 Å². The first kappa shape index (κ1) is 20.6. The number of benzene rings is 2. The average molecular weight is 428 g/mol. The van der Waals surface area contributed by atoms with Gasteiger partial charge in [-0.05, 0) is 55.2 Å². The van der Waals surface area contributed by atoms with E-state index >= 15 is 0 Å². The van der Waals surface area contributed by atoms with E-state index in [4.69, 9.17) is 0 Å². The molecule has 2 aromatic carbocycles. The van der Waals surface area contributed by atoms with Crippen molar-refractivity contribution < 1.29 is 18.0 Å². The topological polar surface area (TPSA) is 86.8 Å². The number of aryl methyl sites for hydroxylation is 1. The summed E-state index contributed by atoms with van der Waals surface area (Å²) in [5.74, 6) is -0.440. The minimum atomic E-state index is -3.54. The van der Waals surface area contributed by atoms with E-state index in [0.29, 0.717) is 30.9 Å². The molecule has 1 N–H and O–H groups in total. The zero-order valence-electron chi connectivity index (χ0n) is 16.7. The molecule has 0 saturated carbocycles. The lowest BCUT2D eigenvalue weighted by molar-refractivity contribution is -0.121. The minimum Gasteiger partial charge on any atom is -0.325 e. The Kier molecular flexibility index (Phi) is 5.87. The highest BCUT2D eigenvalue weighted by Gasteiger charge is 2.30. The summed E-state index contributed by atoms with van der Waals surface area (Å²) in [4.78, 5) is 26.6. The number of hydrogen-bond acceptors (Lipinski definition) is 4. The third kappa shape index (κ3) is 4.24. The van der Waals surface area contributed by atoms with Gasteiger partial charge in [0.1, 0.15) is 6.54 Å². The van der Waals surface area contributed by atoms with Gasteiger partial charge in [-0.25, -0.2) is 8.42 Å². The number of rotatable bonds is 5. The molecule has 158 valence electrons. The molecule has 2 aliphatic rings. The SMILES string of the molecule is O=C(CN1C(=O)CCc2cc(S(=O)(=O)N3CCCCC3)ccc21)Nc1ccccc1. The molecule has 1 fully saturated rings. The lowest BCUT2D eigenvalue weighted by atomic mass is 10.0. The van der Waals surface area contributed by atoms with Crippen LogP contribution in [0.3, 0.4) is 0 Å². The van der Waals surface area contributed by atoms with Gasteiger partial charge in [0.05, 0.1) is 4.90 Å². The van der Waals surface area contributed by atoms with Gasteiger partial charge < -0.3 is 10.2 Å². The van der Waals surface area contributed by atoms with Crippen LogP contribution in [0.5, 0.6) is 0 Å². The van der Waals surface area contributed by atoms with Crippen molar-refractivity contribution in [1.29, 1.82) is 0 Å². The van der Waals surface area contributed by atoms with Crippen molar-refractivity contribution in [1.82, 2.24) is 4.31 Å². The number of anilines is 2. The molecule has 0 bridgehead atoms. The van der Waals surface area contributed by atoms with Crippen LogP contribution in [-0.2, 0) is 26.0 Å². The number of carbonyl (C=O) groups excluding carboxylic acids is 2. The Morgan fingerprint density at radius 1 is 0.967 bits per heavy atom. The molecule has 0 atom stereocenters. The third-order valence-electron chi connectivity index (χ3n) is 5.56. The highest BCUT2D eigenvalue weighted by Crippen LogP contribution is 2.31. The number of piperidine rings is 1. The average Bonchev–Trinajstić information content (AvgIpc) is 2.76. The summed E-state index contributed by atoms with van der Waals surface area (Å²) >= 11 is 0. The molecule has 0 unspecified atom stereocenters. The molecule has 1 saturated heterocycles. The van der Waals surface area contributed by atoms with Gasteiger partial charge in [0.2, 0.25) is 21.8 Å². The normalized spacial score (nSPS) is 17.5. The lowest BCUT2D eigenvalue weighted by Crippen LogP contribution is -2.41. The second kappa shape index (κ2) is 8.57. The Morgan fingerprint density at radius 3 is 2.43 bits per heavy atom. The molecule has 0 aromatic heterocycles. The van der Waals surface area contributed by atoms with Crippen LogP contribution in [0, 0.1) is 0 Å². The predicted octanol–water partition coefficient (Wildman–Crippen LogP) is 2.78. The van der Waals surface area contributed by atoms with Crippen molar-refractivity contribution in [2.45, 2.75) is 37.0 Å². The fourth-order valence-electron chi connectivity index (χ4n) is 3.99. The molecular weight excluding hydrogens is 402 g/mol. The second-order valence-corrected chi connectivity index (χ2v) is 9.59. The summed E-state index contributed by atoms with van der Waals surface area (Å²) in [5.41, 5.74) is 2.04. The Balaban J connectivity index is 1.55. The third-order valence-corrected chi connectivity index (χ3v) is 7.46. The van der Waals surface area contributed by atoms with Crippen LogP contribution < -0.4 is 10.2 Å². The van der Waals surface area contributed by atoms with Crippen molar-refractivity contribution in [2.24, 2.45) is 0 Å². The summed E-state index contributed by atoms with van der Waals surface area (Å²) in [5, 5.41) is 2.78. The number of nitrogens with zero attached hydrogens (tertiary/aromatic N) is 2. The van der Waals surface area contributed by atoms with Crippen molar-refractivity contribution >= 4 is 33.2 Å². The van der Waals surface area contributed by atoms with Crippen LogP contribution in [0.15, 0.2) is 53.4 Å². The summed E-state index contributed by atoms with van der Waals surface area (Å²) < 4.78 is 27.5. The van der Waals surface area contributed by atoms with Crippen LogP contribution in [0.25, 0.3) is 0 Å². The van der Waals surface area contributed by atoms with Crippen LogP contribution in [0.4, 0.5) is 11.4 Å². The molecule has 30 heavy (non-hydrogen) atoms. The van der Waals surface area contributed by atoms with Crippen LogP contribution in [0.1, 0.15) is 31.2 Å². The zero-order chi connectivity index (χ0) is 21.1. The first-order valence-electron chi connectivity index (χ1n) is 10.2. The van der Waals surface area contributed by atoms with Crippen LogP contribution in [0.2, 0.25) is 0 Å². The highest BCUT2D eigenvalue weighted by molar-refractivity contribution is 7.89. The van der Waals surface area contributed by atoms with Gasteiger partial charge >= 0.3 is 0 Å². The smallest absolute Gasteiger partial charge is 0.244 e. The van der Waals surface area contributed by atoms with E-state index in [1.165, 1.54) is 9.21 Å². The molecule has 2 aliphatic heterocycles. The summed E-state index contributed by atoms with van der Waals surface area (Å²) in [6.07, 6.45) is 3.53. The molecule has 0 radical (unpaired) electrons. The Bertz CT molecular complexity index is 1050. The predicted molar refractivity (Wildman–Crippen MR) is 115 cm³/mol. The quantitative estimate of drug-likeness (QED) is 0.795. The first-order chi connectivity index (χ1) is 14.4. The number of para-hydroxylation sites is 1. The summed E-state index contributed by atoms with van der Waals surface area (Å²) in [7, 11) is -3.54. The zero-order valence-corrected chi connectivity index (χ0v) is 17.5. The monoisotopic (exact) mass is 427 g/mol. The minimum absolute atomic E-state index is 0.112. The first-order valence-corrected chi connectivity index (χ1v) is 11.7. The van der Waals surface area contributed by atoms with Gasteiger partial charge in [-0.15, -0.1) is 0 Å². The fraction of sp³-hybridized carbons (Fsp3) is 0.364. The molecular formula is C22H25N3O4S. The molecule has 0 spiro atoms. The van der Waals surface area contributed by atoms with E-state index in [-0.39, 0.29) is 29.7 Å².